The van der Waals surface area contributed by atoms with Crippen LogP contribution in [0.2, 0.25) is 0 Å². The van der Waals surface area contributed by atoms with Crippen LogP contribution < -0.4 is 21.7 Å². The predicted octanol–water partition coefficient (Wildman–Crippen LogP) is 2.95. The van der Waals surface area contributed by atoms with E-state index >= 15 is 0 Å². The molecule has 0 bridgehead atoms. The van der Waals surface area contributed by atoms with Crippen molar-refractivity contribution in [2.45, 2.75) is 130 Å². The highest BCUT2D eigenvalue weighted by Gasteiger charge is 2.26. The number of ketones is 1. The molecule has 0 aliphatic heterocycles. The Bertz CT molecular complexity index is 633. The Kier molecular flexibility index (Phi) is 14.6. The Morgan fingerprint density at radius 3 is 1.73 bits per heavy atom. The van der Waals surface area contributed by atoms with Crippen LogP contribution in [0.25, 0.3) is 0 Å². The van der Waals surface area contributed by atoms with Crippen molar-refractivity contribution in [3.63, 3.8) is 0 Å². The van der Waals surface area contributed by atoms with Crippen LogP contribution in [0.15, 0.2) is 0 Å². The number of Topliss-reactive ketones (excluding diaryl/α,β-unsaturated/α-hetero) is 1. The second-order valence-electron chi connectivity index (χ2n) is 9.75. The van der Waals surface area contributed by atoms with Crippen LogP contribution in [0.3, 0.4) is 0 Å². The lowest BCUT2D eigenvalue weighted by Gasteiger charge is -2.23. The van der Waals surface area contributed by atoms with Crippen LogP contribution >= 0.6 is 0 Å². The lowest BCUT2D eigenvalue weighted by atomic mass is 10.00. The van der Waals surface area contributed by atoms with Gasteiger partial charge in [0, 0.05) is 0 Å². The van der Waals surface area contributed by atoms with Gasteiger partial charge in [-0.3, -0.25) is 14.4 Å². The number of carbonyl (C=O) groups excluding carboxylic acids is 4. The fourth-order valence-electron chi connectivity index (χ4n) is 3.15. The van der Waals surface area contributed by atoms with E-state index in [0.717, 1.165) is 19.3 Å². The smallest absolute Gasteiger partial charge is 0.408 e. The predicted molar refractivity (Wildman–Crippen MR) is 130 cm³/mol. The standard InChI is InChI=1S/C24H46N4O5/c1-8-9-10-11-12-13-14-15-19(25)20(29)16(2)26-21(30)17(3)27-22(31)18(4)28-23(32)33-24(5,6)7/h16-19H,8-15,25H2,1-7H3,(H,26,30)(H,27,31)(H,28,32)/t16-,17-,18-,19?/m0/s1. The summed E-state index contributed by atoms with van der Waals surface area (Å²) in [7, 11) is 0. The van der Waals surface area contributed by atoms with Gasteiger partial charge in [-0.05, 0) is 48.0 Å². The quantitative estimate of drug-likeness (QED) is 0.271. The van der Waals surface area contributed by atoms with Gasteiger partial charge in [0.05, 0.1) is 12.1 Å². The molecule has 9 nitrogen and oxygen atoms in total. The Morgan fingerprint density at radius 2 is 1.21 bits per heavy atom. The van der Waals surface area contributed by atoms with Gasteiger partial charge < -0.3 is 26.4 Å². The summed E-state index contributed by atoms with van der Waals surface area (Å²) >= 11 is 0. The van der Waals surface area contributed by atoms with E-state index in [9.17, 15) is 19.2 Å². The second kappa shape index (κ2) is 15.6. The molecule has 0 aromatic heterocycles. The van der Waals surface area contributed by atoms with E-state index < -0.39 is 47.7 Å². The molecule has 0 aromatic carbocycles. The number of carbonyl (C=O) groups is 4. The molecule has 0 aliphatic rings. The lowest BCUT2D eigenvalue weighted by molar-refractivity contribution is -0.131. The van der Waals surface area contributed by atoms with Gasteiger partial charge in [0.2, 0.25) is 11.8 Å². The van der Waals surface area contributed by atoms with Gasteiger partial charge in [-0.15, -0.1) is 0 Å². The number of hydrogen-bond acceptors (Lipinski definition) is 6. The number of hydrogen-bond donors (Lipinski definition) is 4. The van der Waals surface area contributed by atoms with Gasteiger partial charge in [-0.25, -0.2) is 4.79 Å². The Balaban J connectivity index is 4.37. The van der Waals surface area contributed by atoms with Crippen LogP contribution in [0, 0.1) is 0 Å². The zero-order chi connectivity index (χ0) is 25.6. The van der Waals surface area contributed by atoms with Gasteiger partial charge in [0.25, 0.3) is 0 Å². The molecule has 0 fully saturated rings. The molecule has 5 N–H and O–H groups in total. The number of nitrogens with two attached hydrogens (primary N) is 1. The first-order valence-electron chi connectivity index (χ1n) is 12.2. The minimum absolute atomic E-state index is 0.229. The third-order valence-electron chi connectivity index (χ3n) is 5.15. The third-order valence-corrected chi connectivity index (χ3v) is 5.15. The highest BCUT2D eigenvalue weighted by molar-refractivity contribution is 5.95. The summed E-state index contributed by atoms with van der Waals surface area (Å²) in [5.74, 6) is -1.28. The summed E-state index contributed by atoms with van der Waals surface area (Å²) in [5.41, 5.74) is 5.33. The summed E-state index contributed by atoms with van der Waals surface area (Å²) < 4.78 is 5.11. The molecule has 0 heterocycles. The molecule has 9 heteroatoms. The largest absolute Gasteiger partial charge is 0.444 e. The highest BCUT2D eigenvalue weighted by atomic mass is 16.6. The van der Waals surface area contributed by atoms with Crippen molar-refractivity contribution < 1.29 is 23.9 Å². The monoisotopic (exact) mass is 470 g/mol. The topological polar surface area (TPSA) is 140 Å². The van der Waals surface area contributed by atoms with E-state index in [-0.39, 0.29) is 5.78 Å². The van der Waals surface area contributed by atoms with Crippen molar-refractivity contribution in [3.05, 3.63) is 0 Å². The zero-order valence-corrected chi connectivity index (χ0v) is 21.6. The molecule has 0 spiro atoms. The number of unbranched alkanes of at least 4 members (excludes halogenated alkanes) is 6. The summed E-state index contributed by atoms with van der Waals surface area (Å²) in [5, 5.41) is 7.54. The van der Waals surface area contributed by atoms with E-state index in [0.29, 0.717) is 6.42 Å². The van der Waals surface area contributed by atoms with E-state index in [1.54, 1.807) is 27.7 Å². The van der Waals surface area contributed by atoms with Crippen LogP contribution in [0.5, 0.6) is 0 Å². The molecule has 0 rings (SSSR count). The van der Waals surface area contributed by atoms with Gasteiger partial charge in [0.15, 0.2) is 5.78 Å². The van der Waals surface area contributed by atoms with Crippen LogP contribution in [-0.2, 0) is 19.1 Å². The Morgan fingerprint density at radius 1 is 0.758 bits per heavy atom. The average Bonchev–Trinajstić information content (AvgIpc) is 2.70. The Hall–Kier alpha value is -2.16. The highest BCUT2D eigenvalue weighted by Crippen LogP contribution is 2.10. The van der Waals surface area contributed by atoms with Crippen LogP contribution in [0.4, 0.5) is 4.79 Å². The van der Waals surface area contributed by atoms with Gasteiger partial charge in [0.1, 0.15) is 17.7 Å². The average molecular weight is 471 g/mol. The van der Waals surface area contributed by atoms with E-state index in [4.69, 9.17) is 10.5 Å². The molecule has 33 heavy (non-hydrogen) atoms. The van der Waals surface area contributed by atoms with Crippen molar-refractivity contribution in [3.8, 4) is 0 Å². The summed E-state index contributed by atoms with van der Waals surface area (Å²) in [6.07, 6.45) is 7.86. The second-order valence-corrected chi connectivity index (χ2v) is 9.75. The first kappa shape index (κ1) is 30.8. The normalized spacial score (nSPS) is 15.0. The SMILES string of the molecule is CCCCCCCCCC(N)C(=O)[C@H](C)NC(=O)[C@H](C)NC(=O)[C@H](C)NC(=O)OC(C)(C)C. The number of rotatable bonds is 15. The third kappa shape index (κ3) is 14.6. The maximum atomic E-state index is 12.5. The number of alkyl carbamates (subject to hydrolysis) is 1. The van der Waals surface area contributed by atoms with Crippen LogP contribution in [0.1, 0.15) is 99.8 Å². The fourth-order valence-corrected chi connectivity index (χ4v) is 3.15. The molecular weight excluding hydrogens is 424 g/mol. The summed E-state index contributed by atoms with van der Waals surface area (Å²) in [6, 6.07) is -3.17. The molecule has 0 aliphatic carbocycles. The Labute approximate surface area is 199 Å². The van der Waals surface area contributed by atoms with Crippen molar-refractivity contribution >= 4 is 23.7 Å². The van der Waals surface area contributed by atoms with Gasteiger partial charge in [-0.1, -0.05) is 51.9 Å². The van der Waals surface area contributed by atoms with Crippen LogP contribution in [-0.4, -0.2) is 53.5 Å². The molecule has 4 atom stereocenters. The molecule has 3 amide bonds. The van der Waals surface area contributed by atoms with Crippen molar-refractivity contribution in [1.82, 2.24) is 16.0 Å². The summed E-state index contributed by atoms with van der Waals surface area (Å²) in [4.78, 5) is 48.9. The zero-order valence-electron chi connectivity index (χ0n) is 21.6. The maximum absolute atomic E-state index is 12.5. The number of amides is 3. The fraction of sp³-hybridized carbons (Fsp3) is 0.833. The van der Waals surface area contributed by atoms with Crippen molar-refractivity contribution in [2.75, 3.05) is 0 Å². The minimum atomic E-state index is -0.899. The lowest BCUT2D eigenvalue weighted by Crippen LogP contribution is -2.55. The first-order valence-corrected chi connectivity index (χ1v) is 12.2. The molecule has 0 radical (unpaired) electrons. The number of nitrogens with one attached hydrogen (secondary N) is 3. The summed E-state index contributed by atoms with van der Waals surface area (Å²) in [6.45, 7) is 11.9. The molecular formula is C24H46N4O5. The molecule has 0 saturated heterocycles. The molecule has 1 unspecified atom stereocenters. The number of ether oxygens (including phenoxy) is 1. The van der Waals surface area contributed by atoms with Gasteiger partial charge >= 0.3 is 6.09 Å². The maximum Gasteiger partial charge on any atom is 0.408 e. The van der Waals surface area contributed by atoms with Crippen molar-refractivity contribution in [1.29, 1.82) is 0 Å². The molecule has 192 valence electrons. The molecule has 0 saturated carbocycles. The minimum Gasteiger partial charge on any atom is -0.444 e. The van der Waals surface area contributed by atoms with Crippen molar-refractivity contribution in [2.24, 2.45) is 5.73 Å². The van der Waals surface area contributed by atoms with E-state index in [2.05, 4.69) is 22.9 Å². The van der Waals surface area contributed by atoms with E-state index in [1.165, 1.54) is 39.5 Å². The first-order chi connectivity index (χ1) is 15.3. The van der Waals surface area contributed by atoms with E-state index in [1.807, 2.05) is 0 Å². The molecule has 0 aromatic rings. The van der Waals surface area contributed by atoms with Gasteiger partial charge in [-0.2, -0.15) is 0 Å².